The Labute approximate surface area is 183 Å². The highest BCUT2D eigenvalue weighted by molar-refractivity contribution is 7.18. The van der Waals surface area contributed by atoms with Gasteiger partial charge in [0.15, 0.2) is 13.2 Å². The number of thiophene rings is 1. The number of nitrogens with one attached hydrogen (secondary N) is 1. The van der Waals surface area contributed by atoms with Gasteiger partial charge in [-0.1, -0.05) is 18.2 Å². The molecule has 2 rings (SSSR count). The van der Waals surface area contributed by atoms with Gasteiger partial charge < -0.3 is 24.4 Å². The van der Waals surface area contributed by atoms with Crippen LogP contribution in [0.25, 0.3) is 0 Å². The van der Waals surface area contributed by atoms with Gasteiger partial charge in [-0.15, -0.1) is 11.3 Å². The standard InChI is InChI=1S/C21H24N2O7S/c1-5-28-21(27)17-13(2)18(20(26)23(3)4)31-19(17)22-15(24)11-30-16(25)12-29-14-9-7-6-8-10-14/h6-10H,5,11-12H2,1-4H3,(H,22,24). The van der Waals surface area contributed by atoms with E-state index in [2.05, 4.69) is 5.32 Å². The van der Waals surface area contributed by atoms with Crippen LogP contribution < -0.4 is 10.1 Å². The molecule has 0 atom stereocenters. The number of rotatable bonds is 9. The van der Waals surface area contributed by atoms with Crippen LogP contribution in [0.2, 0.25) is 0 Å². The van der Waals surface area contributed by atoms with Crippen molar-refractivity contribution in [2.45, 2.75) is 13.8 Å². The van der Waals surface area contributed by atoms with E-state index in [0.29, 0.717) is 16.2 Å². The molecule has 0 spiro atoms. The van der Waals surface area contributed by atoms with Gasteiger partial charge in [-0.2, -0.15) is 0 Å². The lowest BCUT2D eigenvalue weighted by atomic mass is 10.1. The predicted molar refractivity (Wildman–Crippen MR) is 115 cm³/mol. The molecule has 1 N–H and O–H groups in total. The Morgan fingerprint density at radius 2 is 1.71 bits per heavy atom. The van der Waals surface area contributed by atoms with E-state index in [4.69, 9.17) is 14.2 Å². The van der Waals surface area contributed by atoms with Crippen LogP contribution in [0.1, 0.15) is 32.5 Å². The minimum absolute atomic E-state index is 0.101. The summed E-state index contributed by atoms with van der Waals surface area (Å²) in [4.78, 5) is 50.5. The van der Waals surface area contributed by atoms with E-state index in [1.165, 1.54) is 4.90 Å². The lowest BCUT2D eigenvalue weighted by Crippen LogP contribution is -2.24. The van der Waals surface area contributed by atoms with Crippen LogP contribution in [0.4, 0.5) is 5.00 Å². The first-order chi connectivity index (χ1) is 14.7. The molecule has 0 saturated carbocycles. The molecule has 31 heavy (non-hydrogen) atoms. The van der Waals surface area contributed by atoms with E-state index in [1.54, 1.807) is 52.2 Å². The number of para-hydroxylation sites is 1. The highest BCUT2D eigenvalue weighted by atomic mass is 32.1. The van der Waals surface area contributed by atoms with Crippen LogP contribution in [0.15, 0.2) is 30.3 Å². The lowest BCUT2D eigenvalue weighted by Gasteiger charge is -2.09. The minimum Gasteiger partial charge on any atom is -0.482 e. The van der Waals surface area contributed by atoms with Crippen LogP contribution in [-0.4, -0.2) is 62.6 Å². The van der Waals surface area contributed by atoms with Crippen LogP contribution >= 0.6 is 11.3 Å². The number of benzene rings is 1. The monoisotopic (exact) mass is 448 g/mol. The Morgan fingerprint density at radius 3 is 2.32 bits per heavy atom. The van der Waals surface area contributed by atoms with E-state index >= 15 is 0 Å². The summed E-state index contributed by atoms with van der Waals surface area (Å²) in [5, 5.41) is 2.68. The molecule has 1 aromatic carbocycles. The first-order valence-corrected chi connectivity index (χ1v) is 10.2. The van der Waals surface area contributed by atoms with Crippen molar-refractivity contribution in [2.24, 2.45) is 0 Å². The Bertz CT molecular complexity index is 954. The van der Waals surface area contributed by atoms with E-state index in [1.807, 2.05) is 6.07 Å². The summed E-state index contributed by atoms with van der Waals surface area (Å²) < 4.78 is 15.2. The number of carbonyl (C=O) groups is 4. The van der Waals surface area contributed by atoms with Gasteiger partial charge in [-0.3, -0.25) is 9.59 Å². The number of ether oxygens (including phenoxy) is 3. The average molecular weight is 448 g/mol. The van der Waals surface area contributed by atoms with Crippen molar-refractivity contribution in [1.29, 1.82) is 0 Å². The minimum atomic E-state index is -0.726. The Morgan fingerprint density at radius 1 is 1.03 bits per heavy atom. The molecule has 2 aromatic rings. The normalized spacial score (nSPS) is 10.2. The third-order valence-electron chi connectivity index (χ3n) is 3.94. The van der Waals surface area contributed by atoms with Gasteiger partial charge in [-0.05, 0) is 31.5 Å². The summed E-state index contributed by atoms with van der Waals surface area (Å²) in [5.41, 5.74) is 0.509. The molecule has 1 aromatic heterocycles. The Hall–Kier alpha value is -3.40. The molecule has 0 fully saturated rings. The van der Waals surface area contributed by atoms with Crippen LogP contribution in [0.3, 0.4) is 0 Å². The zero-order chi connectivity index (χ0) is 23.0. The lowest BCUT2D eigenvalue weighted by molar-refractivity contribution is -0.149. The van der Waals surface area contributed by atoms with Crippen molar-refractivity contribution in [3.8, 4) is 5.75 Å². The molecule has 166 valence electrons. The van der Waals surface area contributed by atoms with Gasteiger partial charge in [0.1, 0.15) is 10.8 Å². The first kappa shape index (κ1) is 23.9. The summed E-state index contributed by atoms with van der Waals surface area (Å²) in [6.45, 7) is 2.46. The van der Waals surface area contributed by atoms with E-state index in [0.717, 1.165) is 11.3 Å². The number of nitrogens with zero attached hydrogens (tertiary/aromatic N) is 1. The van der Waals surface area contributed by atoms with E-state index in [-0.39, 0.29) is 29.7 Å². The molecular formula is C21H24N2O7S. The molecule has 10 heteroatoms. The number of hydrogen-bond acceptors (Lipinski definition) is 8. The first-order valence-electron chi connectivity index (χ1n) is 9.40. The number of anilines is 1. The molecule has 0 unspecified atom stereocenters. The highest BCUT2D eigenvalue weighted by Gasteiger charge is 2.27. The molecule has 9 nitrogen and oxygen atoms in total. The second-order valence-corrected chi connectivity index (χ2v) is 7.51. The van der Waals surface area contributed by atoms with Gasteiger partial charge in [0.05, 0.1) is 17.0 Å². The van der Waals surface area contributed by atoms with Crippen LogP contribution in [0.5, 0.6) is 5.75 Å². The Kier molecular flexibility index (Phi) is 8.56. The van der Waals surface area contributed by atoms with Crippen molar-refractivity contribution in [1.82, 2.24) is 4.90 Å². The predicted octanol–water partition coefficient (Wildman–Crippen LogP) is 2.50. The summed E-state index contributed by atoms with van der Waals surface area (Å²) in [5.74, 6) is -1.86. The fourth-order valence-corrected chi connectivity index (χ4v) is 3.70. The summed E-state index contributed by atoms with van der Waals surface area (Å²) >= 11 is 0.958. The molecule has 0 radical (unpaired) electrons. The molecule has 0 saturated heterocycles. The van der Waals surface area contributed by atoms with Gasteiger partial charge in [-0.25, -0.2) is 9.59 Å². The maximum absolute atomic E-state index is 12.4. The molecule has 0 aliphatic rings. The molecule has 1 heterocycles. The van der Waals surface area contributed by atoms with Crippen LogP contribution in [-0.2, 0) is 19.1 Å². The van der Waals surface area contributed by atoms with Gasteiger partial charge in [0, 0.05) is 14.1 Å². The van der Waals surface area contributed by atoms with Crippen molar-refractivity contribution in [3.05, 3.63) is 46.3 Å². The van der Waals surface area contributed by atoms with Crippen molar-refractivity contribution in [3.63, 3.8) is 0 Å². The highest BCUT2D eigenvalue weighted by Crippen LogP contribution is 2.34. The van der Waals surface area contributed by atoms with Gasteiger partial charge >= 0.3 is 11.9 Å². The maximum Gasteiger partial charge on any atom is 0.344 e. The zero-order valence-electron chi connectivity index (χ0n) is 17.7. The number of carbonyl (C=O) groups excluding carboxylic acids is 4. The van der Waals surface area contributed by atoms with E-state index in [9.17, 15) is 19.2 Å². The third-order valence-corrected chi connectivity index (χ3v) is 5.14. The van der Waals surface area contributed by atoms with Crippen molar-refractivity contribution in [2.75, 3.05) is 39.2 Å². The molecule has 2 amide bonds. The second-order valence-electron chi connectivity index (χ2n) is 6.49. The summed E-state index contributed by atoms with van der Waals surface area (Å²) in [7, 11) is 3.17. The number of hydrogen-bond donors (Lipinski definition) is 1. The number of amides is 2. The smallest absolute Gasteiger partial charge is 0.344 e. The van der Waals surface area contributed by atoms with Crippen molar-refractivity contribution >= 4 is 40.1 Å². The SMILES string of the molecule is CCOC(=O)c1c(NC(=O)COC(=O)COc2ccccc2)sc(C(=O)N(C)C)c1C. The number of esters is 2. The molecular weight excluding hydrogens is 424 g/mol. The van der Waals surface area contributed by atoms with Crippen LogP contribution in [0, 0.1) is 6.92 Å². The molecule has 0 aliphatic heterocycles. The third kappa shape index (κ3) is 6.54. The summed E-state index contributed by atoms with van der Waals surface area (Å²) in [6.07, 6.45) is 0. The fourth-order valence-electron chi connectivity index (χ4n) is 2.47. The maximum atomic E-state index is 12.4. The largest absolute Gasteiger partial charge is 0.482 e. The quantitative estimate of drug-likeness (QED) is 0.587. The average Bonchev–Trinajstić information content (AvgIpc) is 3.06. The Balaban J connectivity index is 2.03. The second kappa shape index (κ2) is 11.1. The molecule has 0 bridgehead atoms. The molecule has 0 aliphatic carbocycles. The summed E-state index contributed by atoms with van der Waals surface area (Å²) in [6, 6.07) is 8.69. The van der Waals surface area contributed by atoms with Gasteiger partial charge in [0.25, 0.3) is 11.8 Å². The zero-order valence-corrected chi connectivity index (χ0v) is 18.5. The fraction of sp³-hybridized carbons (Fsp3) is 0.333. The van der Waals surface area contributed by atoms with Gasteiger partial charge in [0.2, 0.25) is 0 Å². The van der Waals surface area contributed by atoms with E-state index < -0.39 is 24.5 Å². The van der Waals surface area contributed by atoms with Crippen molar-refractivity contribution < 1.29 is 33.4 Å². The topological polar surface area (TPSA) is 111 Å².